The second-order valence-electron chi connectivity index (χ2n) is 3.67. The molecule has 0 bridgehead atoms. The normalized spacial score (nSPS) is 27.1. The second kappa shape index (κ2) is 6.58. The molecule has 0 aromatic heterocycles. The first-order valence-corrected chi connectivity index (χ1v) is 6.21. The largest absolute Gasteiger partial charge is 0.381 e. The molecular weight excluding hydrogens is 236 g/mol. The van der Waals surface area contributed by atoms with Crippen molar-refractivity contribution in [2.75, 3.05) is 24.8 Å². The zero-order chi connectivity index (χ0) is 9.80. The van der Waals surface area contributed by atoms with Gasteiger partial charge in [0.2, 0.25) is 5.91 Å². The molecule has 88 valence electrons. The Morgan fingerprint density at radius 2 is 2.13 bits per heavy atom. The number of thioether (sulfide) groups is 1. The van der Waals surface area contributed by atoms with Crippen LogP contribution in [0.1, 0.15) is 12.8 Å². The van der Waals surface area contributed by atoms with Crippen molar-refractivity contribution in [3.8, 4) is 0 Å². The van der Waals surface area contributed by atoms with Crippen molar-refractivity contribution < 1.29 is 9.53 Å². The Bertz CT molecular complexity index is 206. The maximum absolute atomic E-state index is 11.7. The number of carbonyl (C=O) groups excluding carboxylic acids is 1. The minimum Gasteiger partial charge on any atom is -0.381 e. The number of hydrogen-bond donors (Lipinski definition) is 2. The minimum absolute atomic E-state index is 0. The molecule has 0 saturated carbocycles. The molecule has 0 aromatic rings. The molecule has 0 aromatic carbocycles. The molecule has 0 radical (unpaired) electrons. The number of halogens is 1. The first kappa shape index (κ1) is 13.1. The number of nitrogens with one attached hydrogen (secondary N) is 2. The third-order valence-corrected chi connectivity index (χ3v) is 3.54. The summed E-state index contributed by atoms with van der Waals surface area (Å²) < 4.78 is 5.24. The molecule has 15 heavy (non-hydrogen) atoms. The summed E-state index contributed by atoms with van der Waals surface area (Å²) in [5, 5.41) is 6.23. The lowest BCUT2D eigenvalue weighted by atomic mass is 10.1. The molecule has 0 aliphatic carbocycles. The van der Waals surface area contributed by atoms with Crippen molar-refractivity contribution in [1.29, 1.82) is 0 Å². The number of carbonyl (C=O) groups is 1. The predicted molar refractivity (Wildman–Crippen MR) is 63.5 cm³/mol. The zero-order valence-electron chi connectivity index (χ0n) is 8.53. The Kier molecular flexibility index (Phi) is 5.74. The molecular formula is C9H17ClN2O2S. The van der Waals surface area contributed by atoms with Crippen molar-refractivity contribution in [2.24, 2.45) is 0 Å². The third-order valence-electron chi connectivity index (χ3n) is 2.60. The molecule has 0 spiro atoms. The van der Waals surface area contributed by atoms with E-state index in [1.165, 1.54) is 0 Å². The summed E-state index contributed by atoms with van der Waals surface area (Å²) in [4.78, 5) is 11.7. The van der Waals surface area contributed by atoms with Gasteiger partial charge in [0.05, 0.1) is 6.04 Å². The van der Waals surface area contributed by atoms with Crippen LogP contribution in [0.3, 0.4) is 0 Å². The van der Waals surface area contributed by atoms with Gasteiger partial charge in [-0.2, -0.15) is 0 Å². The van der Waals surface area contributed by atoms with Gasteiger partial charge in [-0.1, -0.05) is 0 Å². The van der Waals surface area contributed by atoms with E-state index in [1.54, 1.807) is 11.8 Å². The summed E-state index contributed by atoms with van der Waals surface area (Å²) in [5.74, 6) is 1.95. The lowest BCUT2D eigenvalue weighted by Crippen LogP contribution is -2.47. The van der Waals surface area contributed by atoms with Crippen LogP contribution < -0.4 is 10.6 Å². The lowest BCUT2D eigenvalue weighted by Gasteiger charge is -2.24. The van der Waals surface area contributed by atoms with Gasteiger partial charge in [-0.05, 0) is 12.8 Å². The predicted octanol–water partition coefficient (Wildman–Crippen LogP) is 0.366. The van der Waals surface area contributed by atoms with Gasteiger partial charge in [-0.15, -0.1) is 24.2 Å². The highest BCUT2D eigenvalue weighted by molar-refractivity contribution is 7.99. The van der Waals surface area contributed by atoms with Crippen LogP contribution in [0.2, 0.25) is 0 Å². The molecule has 2 fully saturated rings. The molecule has 1 amide bonds. The Hall–Kier alpha value is 0.0300. The van der Waals surface area contributed by atoms with Gasteiger partial charge in [0.15, 0.2) is 0 Å². The van der Waals surface area contributed by atoms with Gasteiger partial charge < -0.3 is 10.1 Å². The van der Waals surface area contributed by atoms with Crippen LogP contribution in [0.5, 0.6) is 0 Å². The van der Waals surface area contributed by atoms with Crippen LogP contribution in [0, 0.1) is 0 Å². The zero-order valence-corrected chi connectivity index (χ0v) is 10.2. The summed E-state index contributed by atoms with van der Waals surface area (Å²) in [6.07, 6.45) is 1.90. The van der Waals surface area contributed by atoms with Crippen LogP contribution in [-0.2, 0) is 9.53 Å². The highest BCUT2D eigenvalue weighted by Crippen LogP contribution is 2.11. The highest BCUT2D eigenvalue weighted by Gasteiger charge is 2.25. The molecule has 2 aliphatic heterocycles. The maximum atomic E-state index is 11.7. The van der Waals surface area contributed by atoms with E-state index in [0.29, 0.717) is 6.04 Å². The standard InChI is InChI=1S/C9H16N2O2S.ClH/c12-9(8-5-14-6-10-8)11-7-1-3-13-4-2-7;/h7-8,10H,1-6H2,(H,11,12);1H/t8-;/m1./s1. The Labute approximate surface area is 100 Å². The van der Waals surface area contributed by atoms with Gasteiger partial charge in [-0.3, -0.25) is 10.1 Å². The topological polar surface area (TPSA) is 50.4 Å². The van der Waals surface area contributed by atoms with Crippen molar-refractivity contribution in [3.63, 3.8) is 0 Å². The molecule has 2 saturated heterocycles. The van der Waals surface area contributed by atoms with E-state index in [-0.39, 0.29) is 24.4 Å². The van der Waals surface area contributed by atoms with Crippen molar-refractivity contribution in [2.45, 2.75) is 24.9 Å². The molecule has 1 atom stereocenters. The van der Waals surface area contributed by atoms with E-state index < -0.39 is 0 Å². The fourth-order valence-electron chi connectivity index (χ4n) is 1.71. The molecule has 2 N–H and O–H groups in total. The fourth-order valence-corrected chi connectivity index (χ4v) is 2.65. The first-order valence-electron chi connectivity index (χ1n) is 5.05. The first-order chi connectivity index (χ1) is 6.86. The molecule has 0 unspecified atom stereocenters. The quantitative estimate of drug-likeness (QED) is 0.746. The van der Waals surface area contributed by atoms with Gasteiger partial charge in [0.1, 0.15) is 0 Å². The SMILES string of the molecule is Cl.O=C(NC1CCOCC1)[C@H]1CSCN1. The second-order valence-corrected chi connectivity index (χ2v) is 4.70. The van der Waals surface area contributed by atoms with Gasteiger partial charge >= 0.3 is 0 Å². The summed E-state index contributed by atoms with van der Waals surface area (Å²) in [6.45, 7) is 1.55. The third kappa shape index (κ3) is 3.83. The maximum Gasteiger partial charge on any atom is 0.238 e. The summed E-state index contributed by atoms with van der Waals surface area (Å²) in [7, 11) is 0. The lowest BCUT2D eigenvalue weighted by molar-refractivity contribution is -0.123. The van der Waals surface area contributed by atoms with Crippen LogP contribution in [0.25, 0.3) is 0 Å². The van der Waals surface area contributed by atoms with Crippen molar-refractivity contribution in [3.05, 3.63) is 0 Å². The van der Waals surface area contributed by atoms with E-state index in [9.17, 15) is 4.79 Å². The minimum atomic E-state index is 0. The van der Waals surface area contributed by atoms with Crippen LogP contribution in [-0.4, -0.2) is 42.8 Å². The molecule has 4 nitrogen and oxygen atoms in total. The Morgan fingerprint density at radius 3 is 2.73 bits per heavy atom. The van der Waals surface area contributed by atoms with Crippen LogP contribution in [0.4, 0.5) is 0 Å². The summed E-state index contributed by atoms with van der Waals surface area (Å²) in [5.41, 5.74) is 0. The van der Waals surface area contributed by atoms with E-state index in [1.807, 2.05) is 0 Å². The number of ether oxygens (including phenoxy) is 1. The van der Waals surface area contributed by atoms with Crippen molar-refractivity contribution >= 4 is 30.1 Å². The van der Waals surface area contributed by atoms with Gasteiger partial charge in [-0.25, -0.2) is 0 Å². The van der Waals surface area contributed by atoms with Gasteiger partial charge in [0, 0.05) is 30.9 Å². The fraction of sp³-hybridized carbons (Fsp3) is 0.889. The Morgan fingerprint density at radius 1 is 1.40 bits per heavy atom. The summed E-state index contributed by atoms with van der Waals surface area (Å²) in [6, 6.07) is 0.339. The molecule has 2 rings (SSSR count). The molecule has 2 heterocycles. The summed E-state index contributed by atoms with van der Waals surface area (Å²) >= 11 is 1.78. The molecule has 6 heteroatoms. The van der Waals surface area contributed by atoms with E-state index in [2.05, 4.69) is 10.6 Å². The van der Waals surface area contributed by atoms with Crippen LogP contribution >= 0.6 is 24.2 Å². The average Bonchev–Trinajstić information content (AvgIpc) is 2.72. The Balaban J connectivity index is 0.00000112. The number of rotatable bonds is 2. The van der Waals surface area contributed by atoms with E-state index >= 15 is 0 Å². The van der Waals surface area contributed by atoms with Crippen LogP contribution in [0.15, 0.2) is 0 Å². The average molecular weight is 253 g/mol. The number of hydrogen-bond acceptors (Lipinski definition) is 4. The number of amides is 1. The van der Waals surface area contributed by atoms with E-state index in [4.69, 9.17) is 4.74 Å². The molecule has 2 aliphatic rings. The monoisotopic (exact) mass is 252 g/mol. The smallest absolute Gasteiger partial charge is 0.238 e. The van der Waals surface area contributed by atoms with Crippen molar-refractivity contribution in [1.82, 2.24) is 10.6 Å². The highest BCUT2D eigenvalue weighted by atomic mass is 35.5. The van der Waals surface area contributed by atoms with E-state index in [0.717, 1.165) is 37.7 Å². The van der Waals surface area contributed by atoms with Gasteiger partial charge in [0.25, 0.3) is 0 Å².